The Morgan fingerprint density at radius 1 is 0.971 bits per heavy atom. The van der Waals surface area contributed by atoms with Gasteiger partial charge in [-0.05, 0) is 54.4 Å². The summed E-state index contributed by atoms with van der Waals surface area (Å²) in [5.74, 6) is -1.91. The third-order valence-electron chi connectivity index (χ3n) is 6.40. The van der Waals surface area contributed by atoms with Crippen molar-refractivity contribution in [1.82, 2.24) is 14.5 Å². The van der Waals surface area contributed by atoms with Gasteiger partial charge in [-0.15, -0.1) is 0 Å². The van der Waals surface area contributed by atoms with Gasteiger partial charge in [-0.1, -0.05) is 0 Å². The van der Waals surface area contributed by atoms with Crippen molar-refractivity contribution >= 4 is 16.6 Å². The van der Waals surface area contributed by atoms with E-state index in [1.54, 1.807) is 12.1 Å². The average molecular weight is 460 g/mol. The van der Waals surface area contributed by atoms with Crippen molar-refractivity contribution < 1.29 is 8.78 Å². The van der Waals surface area contributed by atoms with Crippen LogP contribution in [0.25, 0.3) is 16.6 Å². The smallest absolute Gasteiger partial charge is 0.291 e. The number of nitrogens with one attached hydrogen (secondary N) is 1. The number of hydrogen-bond acceptors (Lipinski definition) is 4. The number of fused-ring (bicyclic) bond motifs is 1. The zero-order valence-corrected chi connectivity index (χ0v) is 18.5. The molecule has 8 heteroatoms. The van der Waals surface area contributed by atoms with Crippen LogP contribution in [0.2, 0.25) is 0 Å². The Kier molecular flexibility index (Phi) is 5.86. The molecule has 1 fully saturated rings. The summed E-state index contributed by atoms with van der Waals surface area (Å²) >= 11 is 0. The first-order valence-electron chi connectivity index (χ1n) is 11.2. The molecule has 0 aliphatic carbocycles. The zero-order valence-electron chi connectivity index (χ0n) is 18.5. The van der Waals surface area contributed by atoms with E-state index in [4.69, 9.17) is 5.26 Å². The fourth-order valence-corrected chi connectivity index (χ4v) is 4.50. The fourth-order valence-electron chi connectivity index (χ4n) is 4.50. The first-order chi connectivity index (χ1) is 16.5. The number of anilines is 1. The van der Waals surface area contributed by atoms with Crippen LogP contribution in [0.4, 0.5) is 14.5 Å². The number of halogens is 2. The number of rotatable bonds is 5. The van der Waals surface area contributed by atoms with Crippen LogP contribution in [-0.2, 0) is 6.42 Å². The monoisotopic (exact) mass is 459 g/mol. The quantitative estimate of drug-likeness (QED) is 0.493. The van der Waals surface area contributed by atoms with Crippen LogP contribution in [0.3, 0.4) is 0 Å². The molecule has 0 saturated carbocycles. The minimum atomic E-state index is -1.11. The number of nitrogens with zero attached hydrogens (tertiary/aromatic N) is 4. The lowest BCUT2D eigenvalue weighted by Crippen LogP contribution is -2.47. The molecule has 6 nitrogen and oxygen atoms in total. The standard InChI is InChI=1S/C26H23F2N5O/c27-20-14-24(28)26(34)33(17-20)22-4-2-21(3-5-22)32-11-9-31(10-12-32)8-7-19-16-30-25-6-1-18(15-29)13-23(19)25/h1-6,13-14,16-17,30H,7-12H2. The summed E-state index contributed by atoms with van der Waals surface area (Å²) in [6.45, 7) is 4.50. The summed E-state index contributed by atoms with van der Waals surface area (Å²) in [7, 11) is 0. The van der Waals surface area contributed by atoms with Gasteiger partial charge in [0.1, 0.15) is 5.82 Å². The van der Waals surface area contributed by atoms with Crippen molar-refractivity contribution in [3.63, 3.8) is 0 Å². The van der Waals surface area contributed by atoms with E-state index >= 15 is 0 Å². The van der Waals surface area contributed by atoms with Gasteiger partial charge in [0.05, 0.1) is 11.6 Å². The highest BCUT2D eigenvalue weighted by molar-refractivity contribution is 5.84. The van der Waals surface area contributed by atoms with Crippen molar-refractivity contribution in [2.24, 2.45) is 0 Å². The van der Waals surface area contributed by atoms with Crippen molar-refractivity contribution in [2.75, 3.05) is 37.6 Å². The Labute approximate surface area is 195 Å². The van der Waals surface area contributed by atoms with E-state index in [9.17, 15) is 13.6 Å². The number of benzene rings is 2. The molecular weight excluding hydrogens is 436 g/mol. The molecule has 1 aliphatic heterocycles. The number of hydrogen-bond donors (Lipinski definition) is 1. The molecule has 0 spiro atoms. The molecule has 0 unspecified atom stereocenters. The van der Waals surface area contributed by atoms with Crippen molar-refractivity contribution in [3.8, 4) is 11.8 Å². The summed E-state index contributed by atoms with van der Waals surface area (Å²) < 4.78 is 28.1. The molecule has 0 atom stereocenters. The second kappa shape index (κ2) is 9.12. The van der Waals surface area contributed by atoms with Gasteiger partial charge in [0.2, 0.25) is 0 Å². The molecule has 1 aliphatic rings. The number of aromatic amines is 1. The maximum Gasteiger partial charge on any atom is 0.291 e. The number of piperazine rings is 1. The Morgan fingerprint density at radius 2 is 1.71 bits per heavy atom. The van der Waals surface area contributed by atoms with Crippen LogP contribution in [0, 0.1) is 23.0 Å². The number of pyridine rings is 1. The SMILES string of the molecule is N#Cc1ccc2[nH]cc(CCN3CCN(c4ccc(-n5cc(F)cc(F)c5=O)cc4)CC3)c2c1. The molecule has 2 aromatic carbocycles. The van der Waals surface area contributed by atoms with E-state index in [1.165, 1.54) is 5.56 Å². The maximum atomic E-state index is 13.6. The topological polar surface area (TPSA) is 68.1 Å². The minimum Gasteiger partial charge on any atom is -0.369 e. The molecule has 0 bridgehead atoms. The van der Waals surface area contributed by atoms with Gasteiger partial charge in [-0.3, -0.25) is 14.3 Å². The molecule has 34 heavy (non-hydrogen) atoms. The summed E-state index contributed by atoms with van der Waals surface area (Å²) in [4.78, 5) is 20.0. The lowest BCUT2D eigenvalue weighted by molar-refractivity contribution is 0.261. The van der Waals surface area contributed by atoms with Crippen LogP contribution in [-0.4, -0.2) is 47.2 Å². The number of nitriles is 1. The van der Waals surface area contributed by atoms with E-state index in [2.05, 4.69) is 20.9 Å². The van der Waals surface area contributed by atoms with E-state index in [0.29, 0.717) is 17.3 Å². The first-order valence-corrected chi connectivity index (χ1v) is 11.2. The van der Waals surface area contributed by atoms with Crippen molar-refractivity contribution in [2.45, 2.75) is 6.42 Å². The molecule has 3 heterocycles. The van der Waals surface area contributed by atoms with Gasteiger partial charge in [-0.2, -0.15) is 5.26 Å². The van der Waals surface area contributed by atoms with Crippen molar-refractivity contribution in [3.05, 3.63) is 94.0 Å². The van der Waals surface area contributed by atoms with Gasteiger partial charge in [0.15, 0.2) is 5.82 Å². The van der Waals surface area contributed by atoms with Crippen LogP contribution < -0.4 is 10.5 Å². The second-order valence-corrected chi connectivity index (χ2v) is 8.46. The van der Waals surface area contributed by atoms with Gasteiger partial charge in [0.25, 0.3) is 5.56 Å². The van der Waals surface area contributed by atoms with Crippen LogP contribution in [0.15, 0.2) is 65.7 Å². The second-order valence-electron chi connectivity index (χ2n) is 8.46. The van der Waals surface area contributed by atoms with E-state index in [-0.39, 0.29) is 0 Å². The zero-order chi connectivity index (χ0) is 23.7. The van der Waals surface area contributed by atoms with E-state index < -0.39 is 17.2 Å². The van der Waals surface area contributed by atoms with Crippen molar-refractivity contribution in [1.29, 1.82) is 5.26 Å². The maximum absolute atomic E-state index is 13.6. The highest BCUT2D eigenvalue weighted by atomic mass is 19.1. The Balaban J connectivity index is 1.20. The van der Waals surface area contributed by atoms with Gasteiger partial charge in [-0.25, -0.2) is 8.78 Å². The van der Waals surface area contributed by atoms with Gasteiger partial charge in [0, 0.05) is 73.5 Å². The summed E-state index contributed by atoms with van der Waals surface area (Å²) in [5.41, 5.74) is 3.49. The fraction of sp³-hybridized carbons (Fsp3) is 0.231. The first kappa shape index (κ1) is 21.9. The Bertz CT molecular complexity index is 1430. The number of aromatic nitrogens is 2. The third kappa shape index (κ3) is 4.30. The molecule has 0 radical (unpaired) electrons. The molecular formula is C26H23F2N5O. The Morgan fingerprint density at radius 3 is 2.44 bits per heavy atom. The van der Waals surface area contributed by atoms with Crippen LogP contribution in [0.1, 0.15) is 11.1 Å². The highest BCUT2D eigenvalue weighted by Gasteiger charge is 2.18. The van der Waals surface area contributed by atoms with E-state index in [0.717, 1.165) is 66.5 Å². The molecule has 2 aromatic heterocycles. The van der Waals surface area contributed by atoms with E-state index in [1.807, 2.05) is 36.5 Å². The van der Waals surface area contributed by atoms with Gasteiger partial charge < -0.3 is 9.88 Å². The lowest BCUT2D eigenvalue weighted by atomic mass is 10.1. The van der Waals surface area contributed by atoms with Crippen LogP contribution >= 0.6 is 0 Å². The Hall–Kier alpha value is -3.96. The predicted octanol–water partition coefficient (Wildman–Crippen LogP) is 3.83. The molecule has 1 saturated heterocycles. The number of H-pyrrole nitrogens is 1. The summed E-state index contributed by atoms with van der Waals surface area (Å²) in [5, 5.41) is 10.3. The summed E-state index contributed by atoms with van der Waals surface area (Å²) in [6.07, 6.45) is 3.93. The molecule has 1 N–H and O–H groups in total. The highest BCUT2D eigenvalue weighted by Crippen LogP contribution is 2.22. The molecule has 0 amide bonds. The predicted molar refractivity (Wildman–Crippen MR) is 127 cm³/mol. The third-order valence-corrected chi connectivity index (χ3v) is 6.40. The molecule has 4 aromatic rings. The van der Waals surface area contributed by atoms with Gasteiger partial charge >= 0.3 is 0 Å². The lowest BCUT2D eigenvalue weighted by Gasteiger charge is -2.36. The minimum absolute atomic E-state index is 0.420. The van der Waals surface area contributed by atoms with Crippen LogP contribution in [0.5, 0.6) is 0 Å². The normalized spacial score (nSPS) is 14.4. The molecule has 172 valence electrons. The molecule has 5 rings (SSSR count). The average Bonchev–Trinajstić information content (AvgIpc) is 3.27. The largest absolute Gasteiger partial charge is 0.369 e. The summed E-state index contributed by atoms with van der Waals surface area (Å²) in [6, 6.07) is 15.7.